The van der Waals surface area contributed by atoms with Crippen LogP contribution in [-0.2, 0) is 9.53 Å². The third kappa shape index (κ3) is 4.46. The summed E-state index contributed by atoms with van der Waals surface area (Å²) in [5.74, 6) is -0.556. The van der Waals surface area contributed by atoms with Gasteiger partial charge in [-0.1, -0.05) is 0 Å². The normalized spacial score (nSPS) is 11.0. The lowest BCUT2D eigenvalue weighted by atomic mass is 9.85. The van der Waals surface area contributed by atoms with Crippen molar-refractivity contribution in [3.05, 3.63) is 65.4 Å². The molecule has 3 aromatic rings. The van der Waals surface area contributed by atoms with Crippen molar-refractivity contribution >= 4 is 21.9 Å². The van der Waals surface area contributed by atoms with E-state index in [0.29, 0.717) is 50.7 Å². The van der Waals surface area contributed by atoms with Crippen LogP contribution in [0, 0.1) is 13.8 Å². The van der Waals surface area contributed by atoms with Gasteiger partial charge in [-0.05, 0) is 54.4 Å². The summed E-state index contributed by atoms with van der Waals surface area (Å²) in [5.41, 5.74) is 1.99. The Bertz CT molecular complexity index is 1150. The van der Waals surface area contributed by atoms with Crippen molar-refractivity contribution in [1.29, 1.82) is 0 Å². The number of hydrogen-bond acceptors (Lipinski definition) is 6. The molecule has 0 saturated carbocycles. The highest BCUT2D eigenvalue weighted by atomic mass is 79.9. The lowest BCUT2D eigenvalue weighted by Gasteiger charge is -2.20. The average Bonchev–Trinajstić information content (AvgIpc) is 3.24. The highest BCUT2D eigenvalue weighted by molar-refractivity contribution is 9.10. The molecule has 0 atom stereocenters. The number of ether oxygens (including phenoxy) is 3. The number of aromatic nitrogens is 4. The quantitative estimate of drug-likeness (QED) is 0.353. The first kappa shape index (κ1) is 22.5. The van der Waals surface area contributed by atoms with Crippen LogP contribution in [0.3, 0.4) is 0 Å². The first-order chi connectivity index (χ1) is 14.8. The van der Waals surface area contributed by atoms with Crippen molar-refractivity contribution in [2.24, 2.45) is 0 Å². The molecule has 10 nitrogen and oxygen atoms in total. The predicted molar refractivity (Wildman–Crippen MR) is 116 cm³/mol. The molecule has 0 fully saturated rings. The number of rotatable bonds is 8. The molecule has 4 N–H and O–H groups in total. The summed E-state index contributed by atoms with van der Waals surface area (Å²) >= 11 is 3.46. The fraction of sp³-hybridized carbons (Fsp3) is 0.350. The van der Waals surface area contributed by atoms with Gasteiger partial charge in [0.15, 0.2) is 18.1 Å². The highest BCUT2D eigenvalue weighted by Gasteiger charge is 2.30. The smallest absolute Gasteiger partial charge is 0.343 e. The summed E-state index contributed by atoms with van der Waals surface area (Å²) in [6.07, 6.45) is 0. The average molecular weight is 495 g/mol. The third-order valence-electron chi connectivity index (χ3n) is 4.83. The van der Waals surface area contributed by atoms with Gasteiger partial charge in [-0.2, -0.15) is 0 Å². The van der Waals surface area contributed by atoms with E-state index >= 15 is 0 Å². The molecule has 0 aliphatic carbocycles. The Kier molecular flexibility index (Phi) is 6.74. The second-order valence-electron chi connectivity index (χ2n) is 6.80. The van der Waals surface area contributed by atoms with Gasteiger partial charge in [-0.15, -0.1) is 0 Å². The second kappa shape index (κ2) is 9.29. The number of carbonyl (C=O) groups excluding carboxylic acids is 1. The minimum atomic E-state index is -0.685. The molecule has 166 valence electrons. The number of hydrogen-bond donors (Lipinski definition) is 4. The van der Waals surface area contributed by atoms with Crippen LogP contribution in [0.2, 0.25) is 0 Å². The van der Waals surface area contributed by atoms with Crippen LogP contribution in [0.4, 0.5) is 0 Å². The second-order valence-corrected chi connectivity index (χ2v) is 7.65. The van der Waals surface area contributed by atoms with Crippen molar-refractivity contribution in [1.82, 2.24) is 20.4 Å². The molecule has 2 heterocycles. The Morgan fingerprint density at radius 2 is 1.58 bits per heavy atom. The molecule has 0 saturated heterocycles. The van der Waals surface area contributed by atoms with Crippen LogP contribution in [0.5, 0.6) is 11.5 Å². The van der Waals surface area contributed by atoms with E-state index in [9.17, 15) is 14.4 Å². The number of esters is 1. The van der Waals surface area contributed by atoms with Crippen molar-refractivity contribution < 1.29 is 19.0 Å². The van der Waals surface area contributed by atoms with Gasteiger partial charge < -0.3 is 24.4 Å². The van der Waals surface area contributed by atoms with Crippen molar-refractivity contribution in [3.63, 3.8) is 0 Å². The van der Waals surface area contributed by atoms with E-state index in [-0.39, 0.29) is 17.7 Å². The zero-order valence-electron chi connectivity index (χ0n) is 17.5. The van der Waals surface area contributed by atoms with Crippen LogP contribution in [0.25, 0.3) is 0 Å². The Morgan fingerprint density at radius 3 is 2.03 bits per heavy atom. The first-order valence-electron chi connectivity index (χ1n) is 9.48. The van der Waals surface area contributed by atoms with E-state index in [1.165, 1.54) is 7.11 Å². The molecule has 31 heavy (non-hydrogen) atoms. The van der Waals surface area contributed by atoms with Gasteiger partial charge >= 0.3 is 5.97 Å². The summed E-state index contributed by atoms with van der Waals surface area (Å²) < 4.78 is 16.4. The van der Waals surface area contributed by atoms with Gasteiger partial charge in [-0.3, -0.25) is 19.8 Å². The van der Waals surface area contributed by atoms with Gasteiger partial charge in [0, 0.05) is 17.3 Å². The first-order valence-corrected chi connectivity index (χ1v) is 10.3. The van der Waals surface area contributed by atoms with Crippen LogP contribution in [0.15, 0.2) is 26.2 Å². The monoisotopic (exact) mass is 494 g/mol. The van der Waals surface area contributed by atoms with Gasteiger partial charge in [0.25, 0.3) is 11.1 Å². The summed E-state index contributed by atoms with van der Waals surface area (Å²) in [6, 6.07) is 3.43. The van der Waals surface area contributed by atoms with E-state index in [2.05, 4.69) is 41.1 Å². The van der Waals surface area contributed by atoms with Crippen molar-refractivity contribution in [3.8, 4) is 11.5 Å². The minimum Gasteiger partial charge on any atom is -0.490 e. The van der Waals surface area contributed by atoms with Crippen LogP contribution < -0.4 is 20.6 Å². The Morgan fingerprint density at radius 1 is 1.00 bits per heavy atom. The Hall–Kier alpha value is -3.21. The zero-order chi connectivity index (χ0) is 22.7. The molecule has 2 aromatic heterocycles. The number of halogens is 1. The predicted octanol–water partition coefficient (Wildman–Crippen LogP) is 2.23. The lowest BCUT2D eigenvalue weighted by molar-refractivity contribution is -0.142. The molecule has 11 heteroatoms. The number of benzene rings is 1. The van der Waals surface area contributed by atoms with E-state index < -0.39 is 11.9 Å². The summed E-state index contributed by atoms with van der Waals surface area (Å²) in [4.78, 5) is 36.7. The molecule has 3 rings (SSSR count). The summed E-state index contributed by atoms with van der Waals surface area (Å²) in [6.45, 7) is 5.35. The SMILES string of the molecule is CCOc1cc(C(c2c(C)[nH][nH]c2=O)c2c(C)[nH][nH]c2=O)cc(Br)c1OCC(=O)OC. The summed E-state index contributed by atoms with van der Waals surface area (Å²) in [7, 11) is 1.27. The van der Waals surface area contributed by atoms with E-state index in [1.807, 2.05) is 6.92 Å². The number of nitrogens with one attached hydrogen (secondary N) is 4. The van der Waals surface area contributed by atoms with Crippen molar-refractivity contribution in [2.75, 3.05) is 20.3 Å². The molecule has 0 radical (unpaired) electrons. The maximum Gasteiger partial charge on any atom is 0.343 e. The van der Waals surface area contributed by atoms with Crippen molar-refractivity contribution in [2.45, 2.75) is 26.7 Å². The van der Waals surface area contributed by atoms with Gasteiger partial charge in [0.2, 0.25) is 0 Å². The van der Waals surface area contributed by atoms with E-state index in [1.54, 1.807) is 26.0 Å². The van der Waals surface area contributed by atoms with Gasteiger partial charge in [0.05, 0.1) is 29.3 Å². The number of H-pyrrole nitrogens is 4. The number of carbonyl (C=O) groups is 1. The highest BCUT2D eigenvalue weighted by Crippen LogP contribution is 2.41. The number of methoxy groups -OCH3 is 1. The fourth-order valence-corrected chi connectivity index (χ4v) is 4.01. The maximum absolute atomic E-state index is 12.6. The largest absolute Gasteiger partial charge is 0.490 e. The third-order valence-corrected chi connectivity index (χ3v) is 5.42. The van der Waals surface area contributed by atoms with Gasteiger partial charge in [0.1, 0.15) is 0 Å². The molecular weight excluding hydrogens is 472 g/mol. The molecule has 0 bridgehead atoms. The molecule has 0 amide bonds. The van der Waals surface area contributed by atoms with Crippen LogP contribution in [0.1, 0.15) is 40.9 Å². The Labute approximate surface area is 185 Å². The molecular formula is C20H23BrN4O6. The van der Waals surface area contributed by atoms with Gasteiger partial charge in [-0.25, -0.2) is 4.79 Å². The molecule has 1 aromatic carbocycles. The lowest BCUT2D eigenvalue weighted by Crippen LogP contribution is -2.20. The number of aromatic amines is 4. The topological polar surface area (TPSA) is 142 Å². The fourth-order valence-electron chi connectivity index (χ4n) is 3.43. The van der Waals surface area contributed by atoms with Crippen LogP contribution >= 0.6 is 15.9 Å². The standard InChI is InChI=1S/C20H23BrN4O6/c1-5-30-13-7-11(6-12(21)18(13)31-8-14(26)29-4)17(15-9(2)22-24-19(15)27)16-10(3)23-25-20(16)28/h6-7,17H,5,8H2,1-4H3,(H2,22,24,27)(H2,23,25,28). The minimum absolute atomic E-state index is 0.300. The summed E-state index contributed by atoms with van der Waals surface area (Å²) in [5, 5.41) is 10.8. The molecule has 0 unspecified atom stereocenters. The number of aryl methyl sites for hydroxylation is 2. The van der Waals surface area contributed by atoms with Crippen LogP contribution in [-0.4, -0.2) is 46.7 Å². The molecule has 0 spiro atoms. The molecule has 0 aliphatic rings. The van der Waals surface area contributed by atoms with E-state index in [4.69, 9.17) is 9.47 Å². The Balaban J connectivity index is 2.21. The maximum atomic E-state index is 12.6. The zero-order valence-corrected chi connectivity index (χ0v) is 19.1. The van der Waals surface area contributed by atoms with E-state index in [0.717, 1.165) is 0 Å². The molecule has 0 aliphatic heterocycles.